The Bertz CT molecular complexity index is 446. The molecule has 3 nitrogen and oxygen atoms in total. The largest absolute Gasteiger partial charge is 0.492 e. The van der Waals surface area contributed by atoms with E-state index < -0.39 is 0 Å². The van der Waals surface area contributed by atoms with E-state index in [9.17, 15) is 0 Å². The van der Waals surface area contributed by atoms with E-state index in [0.29, 0.717) is 17.8 Å². The first-order valence-electron chi connectivity index (χ1n) is 6.79. The number of nitrogens with one attached hydrogen (secondary N) is 1. The van der Waals surface area contributed by atoms with E-state index >= 15 is 0 Å². The van der Waals surface area contributed by atoms with Crippen molar-refractivity contribution in [3.05, 3.63) is 29.8 Å². The number of benzene rings is 1. The van der Waals surface area contributed by atoms with Gasteiger partial charge in [0.15, 0.2) is 5.17 Å². The molecule has 1 unspecified atom stereocenters. The van der Waals surface area contributed by atoms with Crippen molar-refractivity contribution in [3.8, 4) is 5.75 Å². The molecule has 1 atom stereocenters. The van der Waals surface area contributed by atoms with Gasteiger partial charge in [-0.2, -0.15) is 0 Å². The lowest BCUT2D eigenvalue weighted by Crippen LogP contribution is -2.25. The smallest absolute Gasteiger partial charge is 0.157 e. The molecule has 0 bridgehead atoms. The molecule has 2 rings (SSSR count). The van der Waals surface area contributed by atoms with E-state index in [-0.39, 0.29) is 0 Å². The number of thioether (sulfide) groups is 1. The maximum absolute atomic E-state index is 5.69. The maximum atomic E-state index is 5.69. The summed E-state index contributed by atoms with van der Waals surface area (Å²) in [4.78, 5) is 4.51. The summed E-state index contributed by atoms with van der Waals surface area (Å²) in [5, 5.41) is 5.03. The first-order valence-corrected chi connectivity index (χ1v) is 7.67. The standard InChI is InChI=1S/C15H22N2OS/c1-11(2)14-10-17-15(19-14)16-7-8-18-13-6-4-5-12(3)9-13/h4-6,9,11,14H,7-8,10H2,1-3H3,(H,16,17). The number of aryl methyl sites for hydroxylation is 1. The predicted molar refractivity (Wildman–Crippen MR) is 83.2 cm³/mol. The quantitative estimate of drug-likeness (QED) is 0.840. The fourth-order valence-electron chi connectivity index (χ4n) is 1.87. The van der Waals surface area contributed by atoms with Crippen LogP contribution in [0.25, 0.3) is 0 Å². The Morgan fingerprint density at radius 2 is 2.32 bits per heavy atom. The number of ether oxygens (including phenoxy) is 1. The minimum atomic E-state index is 0.625. The van der Waals surface area contributed by atoms with Crippen LogP contribution >= 0.6 is 11.8 Å². The number of aliphatic imine (C=N–C) groups is 1. The van der Waals surface area contributed by atoms with Gasteiger partial charge < -0.3 is 10.1 Å². The van der Waals surface area contributed by atoms with Gasteiger partial charge in [-0.25, -0.2) is 0 Å². The summed E-state index contributed by atoms with van der Waals surface area (Å²) in [5.41, 5.74) is 1.22. The van der Waals surface area contributed by atoms with Crippen molar-refractivity contribution >= 4 is 16.9 Å². The van der Waals surface area contributed by atoms with Crippen molar-refractivity contribution in [2.75, 3.05) is 19.7 Å². The Hall–Kier alpha value is -1.16. The molecule has 1 heterocycles. The molecule has 1 N–H and O–H groups in total. The summed E-state index contributed by atoms with van der Waals surface area (Å²) >= 11 is 1.85. The molecule has 0 saturated carbocycles. The lowest BCUT2D eigenvalue weighted by atomic mass is 10.1. The highest BCUT2D eigenvalue weighted by Gasteiger charge is 2.21. The van der Waals surface area contributed by atoms with E-state index in [1.165, 1.54) is 5.56 Å². The van der Waals surface area contributed by atoms with E-state index in [1.54, 1.807) is 0 Å². The predicted octanol–water partition coefficient (Wildman–Crippen LogP) is 3.09. The highest BCUT2D eigenvalue weighted by molar-refractivity contribution is 8.14. The molecule has 0 aliphatic carbocycles. The number of hydrogen-bond donors (Lipinski definition) is 1. The van der Waals surface area contributed by atoms with Gasteiger partial charge >= 0.3 is 0 Å². The van der Waals surface area contributed by atoms with Crippen LogP contribution in [0.4, 0.5) is 0 Å². The second-order valence-electron chi connectivity index (χ2n) is 5.14. The second-order valence-corrected chi connectivity index (χ2v) is 6.37. The Labute approximate surface area is 119 Å². The lowest BCUT2D eigenvalue weighted by Gasteiger charge is -2.12. The maximum Gasteiger partial charge on any atom is 0.157 e. The molecule has 0 amide bonds. The van der Waals surface area contributed by atoms with Crippen molar-refractivity contribution in [2.45, 2.75) is 26.0 Å². The summed E-state index contributed by atoms with van der Waals surface area (Å²) in [7, 11) is 0. The summed E-state index contributed by atoms with van der Waals surface area (Å²) < 4.78 is 5.69. The Balaban J connectivity index is 1.65. The highest BCUT2D eigenvalue weighted by Crippen LogP contribution is 2.25. The van der Waals surface area contributed by atoms with Gasteiger partial charge in [-0.1, -0.05) is 37.7 Å². The molecule has 0 spiro atoms. The zero-order chi connectivity index (χ0) is 13.7. The fraction of sp³-hybridized carbons (Fsp3) is 0.533. The molecule has 1 aliphatic rings. The fourth-order valence-corrected chi connectivity index (χ4v) is 2.91. The van der Waals surface area contributed by atoms with Crippen LogP contribution < -0.4 is 10.1 Å². The van der Waals surface area contributed by atoms with Crippen LogP contribution in [0.15, 0.2) is 29.3 Å². The summed E-state index contributed by atoms with van der Waals surface area (Å²) in [6.45, 7) is 8.96. The average molecular weight is 278 g/mol. The van der Waals surface area contributed by atoms with Gasteiger partial charge in [-0.3, -0.25) is 4.99 Å². The van der Waals surface area contributed by atoms with Crippen LogP contribution in [0.1, 0.15) is 19.4 Å². The molecule has 0 fully saturated rings. The molecule has 0 aromatic heterocycles. The minimum absolute atomic E-state index is 0.625. The average Bonchev–Trinajstić information content (AvgIpc) is 2.84. The third kappa shape index (κ3) is 4.46. The van der Waals surface area contributed by atoms with Gasteiger partial charge in [0.05, 0.1) is 13.1 Å². The van der Waals surface area contributed by atoms with E-state index in [0.717, 1.165) is 24.0 Å². The first kappa shape index (κ1) is 14.3. The van der Waals surface area contributed by atoms with Crippen molar-refractivity contribution in [1.29, 1.82) is 0 Å². The summed E-state index contributed by atoms with van der Waals surface area (Å²) in [6, 6.07) is 8.13. The van der Waals surface area contributed by atoms with Gasteiger partial charge in [-0.15, -0.1) is 0 Å². The van der Waals surface area contributed by atoms with Gasteiger partial charge in [0.1, 0.15) is 12.4 Å². The van der Waals surface area contributed by atoms with Gasteiger partial charge in [0.25, 0.3) is 0 Å². The van der Waals surface area contributed by atoms with Gasteiger partial charge in [0.2, 0.25) is 0 Å². The zero-order valence-corrected chi connectivity index (χ0v) is 12.7. The minimum Gasteiger partial charge on any atom is -0.492 e. The van der Waals surface area contributed by atoms with E-state index in [4.69, 9.17) is 4.74 Å². The van der Waals surface area contributed by atoms with Crippen LogP contribution in [0.2, 0.25) is 0 Å². The second kappa shape index (κ2) is 6.85. The number of amidine groups is 1. The molecule has 1 aromatic rings. The molecular weight excluding hydrogens is 256 g/mol. The zero-order valence-electron chi connectivity index (χ0n) is 11.8. The Morgan fingerprint density at radius 3 is 3.00 bits per heavy atom. The van der Waals surface area contributed by atoms with Crippen LogP contribution in [-0.2, 0) is 0 Å². The molecule has 1 aliphatic heterocycles. The summed E-state index contributed by atoms with van der Waals surface area (Å²) in [6.07, 6.45) is 0. The van der Waals surface area contributed by atoms with Crippen LogP contribution in [0, 0.1) is 12.8 Å². The topological polar surface area (TPSA) is 33.6 Å². The Morgan fingerprint density at radius 1 is 1.47 bits per heavy atom. The molecule has 19 heavy (non-hydrogen) atoms. The normalized spacial score (nSPS) is 18.5. The van der Waals surface area contributed by atoms with Crippen molar-refractivity contribution in [1.82, 2.24) is 5.32 Å². The molecular formula is C15H22N2OS. The molecule has 1 aromatic carbocycles. The van der Waals surface area contributed by atoms with Crippen molar-refractivity contribution in [2.24, 2.45) is 10.9 Å². The van der Waals surface area contributed by atoms with Gasteiger partial charge in [0, 0.05) is 5.25 Å². The van der Waals surface area contributed by atoms with Crippen molar-refractivity contribution in [3.63, 3.8) is 0 Å². The highest BCUT2D eigenvalue weighted by atomic mass is 32.2. The first-order chi connectivity index (χ1) is 9.15. The number of rotatable bonds is 5. The molecule has 104 valence electrons. The summed E-state index contributed by atoms with van der Waals surface area (Å²) in [5.74, 6) is 1.61. The van der Waals surface area contributed by atoms with Crippen molar-refractivity contribution < 1.29 is 4.74 Å². The van der Waals surface area contributed by atoms with Gasteiger partial charge in [-0.05, 0) is 30.5 Å². The van der Waals surface area contributed by atoms with E-state index in [2.05, 4.69) is 43.2 Å². The van der Waals surface area contributed by atoms with Crippen LogP contribution in [-0.4, -0.2) is 30.1 Å². The van der Waals surface area contributed by atoms with E-state index in [1.807, 2.05) is 23.9 Å². The van der Waals surface area contributed by atoms with Crippen LogP contribution in [0.3, 0.4) is 0 Å². The molecule has 0 saturated heterocycles. The number of hydrogen-bond acceptors (Lipinski definition) is 4. The molecule has 0 radical (unpaired) electrons. The number of nitrogens with zero attached hydrogens (tertiary/aromatic N) is 1. The third-order valence-electron chi connectivity index (χ3n) is 3.06. The Kier molecular flexibility index (Phi) is 5.14. The molecule has 4 heteroatoms. The lowest BCUT2D eigenvalue weighted by molar-refractivity contribution is 0.322. The SMILES string of the molecule is Cc1cccc(OCCNC2=NCC(C(C)C)S2)c1. The third-order valence-corrected chi connectivity index (χ3v) is 4.55. The monoisotopic (exact) mass is 278 g/mol. The van der Waals surface area contributed by atoms with Crippen LogP contribution in [0.5, 0.6) is 5.75 Å².